The van der Waals surface area contributed by atoms with Gasteiger partial charge in [0.05, 0.1) is 29.2 Å². The summed E-state index contributed by atoms with van der Waals surface area (Å²) in [5.74, 6) is 0. The second kappa shape index (κ2) is 8.67. The molecular formula is C19H21F2N3OS. The van der Waals surface area contributed by atoms with Crippen LogP contribution in [0.1, 0.15) is 47.0 Å². The van der Waals surface area contributed by atoms with Crippen LogP contribution in [0.2, 0.25) is 0 Å². The van der Waals surface area contributed by atoms with E-state index in [9.17, 15) is 14.0 Å². The van der Waals surface area contributed by atoms with Crippen molar-refractivity contribution in [3.63, 3.8) is 0 Å². The molecular weight excluding hydrogens is 356 g/mol. The summed E-state index contributed by atoms with van der Waals surface area (Å²) in [7, 11) is 0. The van der Waals surface area contributed by atoms with E-state index < -0.39 is 12.5 Å². The summed E-state index contributed by atoms with van der Waals surface area (Å²) in [6.45, 7) is 3.92. The average molecular weight is 377 g/mol. The zero-order valence-corrected chi connectivity index (χ0v) is 15.4. The highest BCUT2D eigenvalue weighted by Gasteiger charge is 2.31. The maximum absolute atomic E-state index is 13.1. The van der Waals surface area contributed by atoms with Gasteiger partial charge in [0, 0.05) is 13.1 Å². The maximum atomic E-state index is 13.1. The molecule has 4 nitrogen and oxygen atoms in total. The number of likely N-dealkylation sites (tertiary alicyclic amines) is 1. The van der Waals surface area contributed by atoms with Crippen molar-refractivity contribution < 1.29 is 13.5 Å². The predicted molar refractivity (Wildman–Crippen MR) is 96.0 cm³/mol. The number of benzene rings is 1. The number of nitriles is 1. The number of aromatic nitrogens is 1. The summed E-state index contributed by atoms with van der Waals surface area (Å²) < 4.78 is 32.1. The van der Waals surface area contributed by atoms with Gasteiger partial charge in [-0.3, -0.25) is 4.90 Å². The fourth-order valence-corrected chi connectivity index (χ4v) is 4.01. The first-order chi connectivity index (χ1) is 12.6. The molecule has 0 N–H and O–H groups in total. The minimum absolute atomic E-state index is 0.128. The van der Waals surface area contributed by atoms with Gasteiger partial charge in [-0.15, -0.1) is 11.3 Å². The first kappa shape index (κ1) is 18.9. The first-order valence-electron chi connectivity index (χ1n) is 8.60. The first-order valence-corrected chi connectivity index (χ1v) is 9.48. The molecule has 1 atom stereocenters. The minimum Gasteiger partial charge on any atom is -0.373 e. The topological polar surface area (TPSA) is 49.1 Å². The lowest BCUT2D eigenvalue weighted by Gasteiger charge is -2.34. The Bertz CT molecular complexity index is 749. The van der Waals surface area contributed by atoms with Gasteiger partial charge in [-0.25, -0.2) is 13.8 Å². The lowest BCUT2D eigenvalue weighted by Crippen LogP contribution is -2.39. The molecule has 2 heterocycles. The maximum Gasteiger partial charge on any atom is 0.281 e. The Morgan fingerprint density at radius 3 is 2.62 bits per heavy atom. The summed E-state index contributed by atoms with van der Waals surface area (Å²) in [4.78, 5) is 6.04. The molecule has 7 heteroatoms. The second-order valence-corrected chi connectivity index (χ2v) is 7.35. The zero-order chi connectivity index (χ0) is 18.5. The molecule has 0 spiro atoms. The third-order valence-corrected chi connectivity index (χ3v) is 5.55. The number of hydrogen-bond donors (Lipinski definition) is 0. The quantitative estimate of drug-likeness (QED) is 0.736. The Morgan fingerprint density at radius 2 is 2.00 bits per heavy atom. The molecule has 0 radical (unpaired) electrons. The largest absolute Gasteiger partial charge is 0.373 e. The van der Waals surface area contributed by atoms with Crippen molar-refractivity contribution in [2.45, 2.75) is 44.9 Å². The highest BCUT2D eigenvalue weighted by Crippen LogP contribution is 2.34. The van der Waals surface area contributed by atoms with E-state index in [1.807, 2.05) is 4.90 Å². The van der Waals surface area contributed by atoms with Crippen molar-refractivity contribution in [2.24, 2.45) is 0 Å². The zero-order valence-electron chi connectivity index (χ0n) is 14.6. The summed E-state index contributed by atoms with van der Waals surface area (Å²) in [6.07, 6.45) is -0.954. The van der Waals surface area contributed by atoms with Crippen LogP contribution in [0.3, 0.4) is 0 Å². The van der Waals surface area contributed by atoms with E-state index in [1.165, 1.54) is 11.1 Å². The number of alkyl halides is 2. The van der Waals surface area contributed by atoms with Gasteiger partial charge >= 0.3 is 0 Å². The van der Waals surface area contributed by atoms with Gasteiger partial charge in [0.25, 0.3) is 6.43 Å². The van der Waals surface area contributed by atoms with E-state index >= 15 is 0 Å². The standard InChI is InChI=1S/C19H21F2N3OS/c1-13-2-4-14(5-3-13)11-25-15-6-8-24(9-7-15)16(10-22)18-17(19(20)21)23-12-26-18/h2-5,12,15-16,19H,6-9,11H2,1H3. The molecule has 2 aromatic rings. The third-order valence-electron chi connectivity index (χ3n) is 4.65. The molecule has 138 valence electrons. The van der Waals surface area contributed by atoms with Crippen molar-refractivity contribution >= 4 is 11.3 Å². The number of ether oxygens (including phenoxy) is 1. The molecule has 0 amide bonds. The van der Waals surface area contributed by atoms with Crippen LogP contribution in [0.15, 0.2) is 29.8 Å². The van der Waals surface area contributed by atoms with Gasteiger partial charge in [0.15, 0.2) is 0 Å². The molecule has 1 aliphatic rings. The van der Waals surface area contributed by atoms with Crippen LogP contribution in [0, 0.1) is 18.3 Å². The number of rotatable bonds is 6. The van der Waals surface area contributed by atoms with Crippen LogP contribution >= 0.6 is 11.3 Å². The Labute approximate surface area is 156 Å². The van der Waals surface area contributed by atoms with Crippen molar-refractivity contribution in [1.29, 1.82) is 5.26 Å². The Kier molecular flexibility index (Phi) is 6.30. The van der Waals surface area contributed by atoms with Gasteiger partial charge in [-0.05, 0) is 25.3 Å². The van der Waals surface area contributed by atoms with Crippen LogP contribution < -0.4 is 0 Å². The number of hydrogen-bond acceptors (Lipinski definition) is 5. The third kappa shape index (κ3) is 4.44. The van der Waals surface area contributed by atoms with Crippen molar-refractivity contribution in [2.75, 3.05) is 13.1 Å². The number of nitrogens with zero attached hydrogens (tertiary/aromatic N) is 3. The van der Waals surface area contributed by atoms with E-state index in [0.717, 1.165) is 29.7 Å². The molecule has 1 aliphatic heterocycles. The van der Waals surface area contributed by atoms with Gasteiger partial charge < -0.3 is 4.74 Å². The van der Waals surface area contributed by atoms with E-state index in [1.54, 1.807) is 0 Å². The molecule has 0 saturated carbocycles. The van der Waals surface area contributed by atoms with E-state index in [4.69, 9.17) is 4.74 Å². The summed E-state index contributed by atoms with van der Waals surface area (Å²) >= 11 is 1.13. The minimum atomic E-state index is -2.65. The lowest BCUT2D eigenvalue weighted by atomic mass is 10.0. The van der Waals surface area contributed by atoms with Gasteiger partial charge in [0.1, 0.15) is 11.7 Å². The number of halogens is 2. The Morgan fingerprint density at radius 1 is 1.31 bits per heavy atom. The van der Waals surface area contributed by atoms with Gasteiger partial charge in [0.2, 0.25) is 0 Å². The fourth-order valence-electron chi connectivity index (χ4n) is 3.14. The van der Waals surface area contributed by atoms with Crippen molar-refractivity contribution in [3.05, 3.63) is 51.5 Å². The van der Waals surface area contributed by atoms with E-state index in [-0.39, 0.29) is 11.8 Å². The van der Waals surface area contributed by atoms with Crippen molar-refractivity contribution in [3.8, 4) is 6.07 Å². The number of thiazole rings is 1. The van der Waals surface area contributed by atoms with Crippen LogP contribution in [0.4, 0.5) is 8.78 Å². The smallest absolute Gasteiger partial charge is 0.281 e. The second-order valence-electron chi connectivity index (χ2n) is 6.47. The Hall–Kier alpha value is -1.88. The predicted octanol–water partition coefficient (Wildman–Crippen LogP) is 4.64. The summed E-state index contributed by atoms with van der Waals surface area (Å²) in [5.41, 5.74) is 3.48. The normalized spacial score (nSPS) is 17.3. The van der Waals surface area contributed by atoms with Gasteiger partial charge in [-0.2, -0.15) is 5.26 Å². The lowest BCUT2D eigenvalue weighted by molar-refractivity contribution is -0.00698. The molecule has 3 rings (SSSR count). The van der Waals surface area contributed by atoms with Crippen molar-refractivity contribution in [1.82, 2.24) is 9.88 Å². The number of piperidine rings is 1. The van der Waals surface area contributed by atoms with Crippen LogP contribution in [-0.2, 0) is 11.3 Å². The number of aryl methyl sites for hydroxylation is 1. The highest BCUT2D eigenvalue weighted by atomic mass is 32.1. The van der Waals surface area contributed by atoms with Crippen LogP contribution in [0.5, 0.6) is 0 Å². The Balaban J connectivity index is 1.54. The molecule has 1 fully saturated rings. The van der Waals surface area contributed by atoms with Crippen LogP contribution in [-0.4, -0.2) is 29.1 Å². The van der Waals surface area contributed by atoms with Gasteiger partial charge in [-0.1, -0.05) is 29.8 Å². The SMILES string of the molecule is Cc1ccc(COC2CCN(C(C#N)c3scnc3C(F)F)CC2)cc1. The molecule has 0 aliphatic carbocycles. The van der Waals surface area contributed by atoms with Crippen LogP contribution in [0.25, 0.3) is 0 Å². The average Bonchev–Trinajstić information content (AvgIpc) is 3.13. The molecule has 1 unspecified atom stereocenters. The molecule has 1 saturated heterocycles. The molecule has 1 aromatic heterocycles. The van der Waals surface area contributed by atoms with E-state index in [0.29, 0.717) is 24.6 Å². The molecule has 26 heavy (non-hydrogen) atoms. The fraction of sp³-hybridized carbons (Fsp3) is 0.474. The molecule has 1 aromatic carbocycles. The van der Waals surface area contributed by atoms with E-state index in [2.05, 4.69) is 42.2 Å². The summed E-state index contributed by atoms with van der Waals surface area (Å²) in [5, 5.41) is 9.51. The summed E-state index contributed by atoms with van der Waals surface area (Å²) in [6, 6.07) is 9.76. The monoisotopic (exact) mass is 377 g/mol. The highest BCUT2D eigenvalue weighted by molar-refractivity contribution is 7.09. The molecule has 0 bridgehead atoms.